The Morgan fingerprint density at radius 2 is 1.81 bits per heavy atom. The van der Waals surface area contributed by atoms with Crippen LogP contribution in [0.1, 0.15) is 60.8 Å². The monoisotopic (exact) mass is 298 g/mol. The van der Waals surface area contributed by atoms with Crippen molar-refractivity contribution >= 4 is 12.0 Å². The van der Waals surface area contributed by atoms with Crippen LogP contribution in [0.3, 0.4) is 0 Å². The number of carbonyl (C=O) groups excluding carboxylic acids is 2. The summed E-state index contributed by atoms with van der Waals surface area (Å²) < 4.78 is 5.16. The van der Waals surface area contributed by atoms with E-state index in [1.54, 1.807) is 27.7 Å². The van der Waals surface area contributed by atoms with Crippen molar-refractivity contribution in [1.82, 2.24) is 10.6 Å². The van der Waals surface area contributed by atoms with Gasteiger partial charge in [0.05, 0.1) is 0 Å². The molecule has 0 bridgehead atoms. The van der Waals surface area contributed by atoms with Crippen LogP contribution in [0.25, 0.3) is 0 Å². The smallest absolute Gasteiger partial charge is 0.408 e. The molecule has 0 radical (unpaired) electrons. The maximum Gasteiger partial charge on any atom is 0.408 e. The molecule has 0 spiro atoms. The normalized spacial score (nSPS) is 27.6. The highest BCUT2D eigenvalue weighted by Crippen LogP contribution is 2.29. The molecule has 0 aromatic heterocycles. The van der Waals surface area contributed by atoms with Crippen molar-refractivity contribution in [3.63, 3.8) is 0 Å². The summed E-state index contributed by atoms with van der Waals surface area (Å²) in [5, 5.41) is 5.64. The second kappa shape index (κ2) is 7.14. The molecule has 4 atom stereocenters. The van der Waals surface area contributed by atoms with Gasteiger partial charge >= 0.3 is 6.09 Å². The third kappa shape index (κ3) is 5.94. The topological polar surface area (TPSA) is 67.4 Å². The molecule has 1 aliphatic carbocycles. The quantitative estimate of drug-likeness (QED) is 0.842. The summed E-state index contributed by atoms with van der Waals surface area (Å²) in [7, 11) is 0. The summed E-state index contributed by atoms with van der Waals surface area (Å²) in [5.41, 5.74) is -0.562. The molecule has 0 aromatic carbocycles. The number of alkyl carbamates (subject to hydrolysis) is 1. The van der Waals surface area contributed by atoms with Crippen LogP contribution in [0, 0.1) is 11.8 Å². The van der Waals surface area contributed by atoms with Crippen molar-refractivity contribution in [2.75, 3.05) is 0 Å². The van der Waals surface area contributed by atoms with Crippen LogP contribution >= 0.6 is 0 Å². The zero-order valence-corrected chi connectivity index (χ0v) is 14.2. The van der Waals surface area contributed by atoms with Crippen LogP contribution in [-0.2, 0) is 9.53 Å². The Hall–Kier alpha value is -1.26. The van der Waals surface area contributed by atoms with Gasteiger partial charge in [0.15, 0.2) is 0 Å². The van der Waals surface area contributed by atoms with Gasteiger partial charge in [-0.2, -0.15) is 0 Å². The molecule has 5 nitrogen and oxygen atoms in total. The molecule has 2 N–H and O–H groups in total. The average Bonchev–Trinajstić information content (AvgIpc) is 2.32. The summed E-state index contributed by atoms with van der Waals surface area (Å²) in [5.74, 6) is 0.946. The van der Waals surface area contributed by atoms with Crippen LogP contribution in [-0.4, -0.2) is 29.7 Å². The number of nitrogens with one attached hydrogen (secondary N) is 2. The highest BCUT2D eigenvalue weighted by molar-refractivity contribution is 5.85. The first-order chi connectivity index (χ1) is 9.60. The summed E-state index contributed by atoms with van der Waals surface area (Å²) in [6.45, 7) is 11.5. The molecule has 0 saturated heterocycles. The number of hydrogen-bond donors (Lipinski definition) is 2. The molecule has 1 rings (SSSR count). The van der Waals surface area contributed by atoms with E-state index in [4.69, 9.17) is 4.74 Å². The maximum absolute atomic E-state index is 12.2. The van der Waals surface area contributed by atoms with Gasteiger partial charge in [-0.05, 0) is 46.0 Å². The fraction of sp³-hybridized carbons (Fsp3) is 0.875. The highest BCUT2D eigenvalue weighted by atomic mass is 16.6. The average molecular weight is 298 g/mol. The van der Waals surface area contributed by atoms with Gasteiger partial charge in [-0.3, -0.25) is 4.79 Å². The van der Waals surface area contributed by atoms with Crippen LogP contribution in [0.15, 0.2) is 0 Å². The lowest BCUT2D eigenvalue weighted by Gasteiger charge is -2.35. The zero-order chi connectivity index (χ0) is 16.2. The van der Waals surface area contributed by atoms with Crippen LogP contribution in [0.5, 0.6) is 0 Å². The summed E-state index contributed by atoms with van der Waals surface area (Å²) in [6.07, 6.45) is 2.81. The van der Waals surface area contributed by atoms with Crippen LogP contribution in [0.4, 0.5) is 4.79 Å². The molecule has 2 amide bonds. The molecule has 3 unspecified atom stereocenters. The van der Waals surface area contributed by atoms with E-state index in [1.165, 1.54) is 6.42 Å². The Kier molecular flexibility index (Phi) is 6.05. The molecule has 1 aliphatic rings. The van der Waals surface area contributed by atoms with Gasteiger partial charge in [0, 0.05) is 6.04 Å². The molecule has 1 saturated carbocycles. The minimum atomic E-state index is -0.593. The predicted octanol–water partition coefficient (Wildman–Crippen LogP) is 2.84. The van der Waals surface area contributed by atoms with E-state index in [-0.39, 0.29) is 11.9 Å². The van der Waals surface area contributed by atoms with Crippen molar-refractivity contribution < 1.29 is 14.3 Å². The van der Waals surface area contributed by atoms with Crippen molar-refractivity contribution in [2.24, 2.45) is 11.8 Å². The molecule has 0 aromatic rings. The third-order valence-electron chi connectivity index (χ3n) is 4.16. The van der Waals surface area contributed by atoms with Crippen LogP contribution < -0.4 is 10.6 Å². The summed E-state index contributed by atoms with van der Waals surface area (Å²) >= 11 is 0. The molecule has 1 fully saturated rings. The van der Waals surface area contributed by atoms with Crippen molar-refractivity contribution in [2.45, 2.75) is 78.5 Å². The van der Waals surface area contributed by atoms with E-state index in [2.05, 4.69) is 24.5 Å². The lowest BCUT2D eigenvalue weighted by atomic mass is 9.78. The van der Waals surface area contributed by atoms with E-state index in [9.17, 15) is 9.59 Å². The molecule has 5 heteroatoms. The Labute approximate surface area is 128 Å². The van der Waals surface area contributed by atoms with Crippen molar-refractivity contribution in [3.05, 3.63) is 0 Å². The van der Waals surface area contributed by atoms with Gasteiger partial charge in [-0.1, -0.05) is 26.7 Å². The highest BCUT2D eigenvalue weighted by Gasteiger charge is 2.30. The van der Waals surface area contributed by atoms with Gasteiger partial charge in [0.25, 0.3) is 0 Å². The first kappa shape index (κ1) is 17.8. The predicted molar refractivity (Wildman–Crippen MR) is 82.9 cm³/mol. The van der Waals surface area contributed by atoms with Gasteiger partial charge < -0.3 is 15.4 Å². The second-order valence-electron chi connectivity index (χ2n) is 7.25. The molecule has 21 heavy (non-hydrogen) atoms. The minimum Gasteiger partial charge on any atom is -0.444 e. The van der Waals surface area contributed by atoms with Gasteiger partial charge in [0.2, 0.25) is 5.91 Å². The Morgan fingerprint density at radius 3 is 2.38 bits per heavy atom. The van der Waals surface area contributed by atoms with E-state index >= 15 is 0 Å². The Morgan fingerprint density at radius 1 is 1.19 bits per heavy atom. The van der Waals surface area contributed by atoms with Crippen LogP contribution in [0.2, 0.25) is 0 Å². The lowest BCUT2D eigenvalue weighted by Crippen LogP contribution is -2.51. The van der Waals surface area contributed by atoms with E-state index in [0.29, 0.717) is 11.8 Å². The maximum atomic E-state index is 12.2. The minimum absolute atomic E-state index is 0.146. The van der Waals surface area contributed by atoms with Gasteiger partial charge in [-0.15, -0.1) is 0 Å². The molecular weight excluding hydrogens is 268 g/mol. The second-order valence-corrected chi connectivity index (χ2v) is 7.25. The number of rotatable bonds is 3. The first-order valence-corrected chi connectivity index (χ1v) is 7.90. The number of hydrogen-bond acceptors (Lipinski definition) is 3. The van der Waals surface area contributed by atoms with E-state index in [1.807, 2.05) is 0 Å². The SMILES string of the molecule is CC1CCCC(NC(=O)[C@@H](C)NC(=O)OC(C)(C)C)C1C. The van der Waals surface area contributed by atoms with Gasteiger partial charge in [-0.25, -0.2) is 4.79 Å². The van der Waals surface area contributed by atoms with E-state index in [0.717, 1.165) is 12.8 Å². The largest absolute Gasteiger partial charge is 0.444 e. The number of amides is 2. The summed E-state index contributed by atoms with van der Waals surface area (Å²) in [4.78, 5) is 23.9. The number of ether oxygens (including phenoxy) is 1. The van der Waals surface area contributed by atoms with Gasteiger partial charge in [0.1, 0.15) is 11.6 Å². The lowest BCUT2D eigenvalue weighted by molar-refractivity contribution is -0.124. The zero-order valence-electron chi connectivity index (χ0n) is 14.2. The molecule has 0 aliphatic heterocycles. The third-order valence-corrected chi connectivity index (χ3v) is 4.16. The number of carbonyl (C=O) groups is 2. The fourth-order valence-corrected chi connectivity index (χ4v) is 2.64. The first-order valence-electron chi connectivity index (χ1n) is 7.90. The Balaban J connectivity index is 2.45. The van der Waals surface area contributed by atoms with Crippen molar-refractivity contribution in [3.8, 4) is 0 Å². The van der Waals surface area contributed by atoms with E-state index < -0.39 is 17.7 Å². The summed E-state index contributed by atoms with van der Waals surface area (Å²) in [6, 6.07) is -0.395. The fourth-order valence-electron chi connectivity index (χ4n) is 2.64. The Bertz CT molecular complexity index is 376. The molecule has 0 heterocycles. The molecule has 122 valence electrons. The molecular formula is C16H30N2O3. The standard InChI is InChI=1S/C16H30N2O3/c1-10-8-7-9-13(11(10)2)18-14(19)12(3)17-15(20)21-16(4,5)6/h10-13H,7-9H2,1-6H3,(H,17,20)(H,18,19)/t10?,11?,12-,13?/m1/s1. The van der Waals surface area contributed by atoms with Crippen molar-refractivity contribution in [1.29, 1.82) is 0 Å².